The molecule has 0 spiro atoms. The number of hydrogen-bond acceptors (Lipinski definition) is 3. The summed E-state index contributed by atoms with van der Waals surface area (Å²) < 4.78 is 0. The smallest absolute Gasteiger partial charge is 0.220 e. The molecule has 0 aromatic rings. The summed E-state index contributed by atoms with van der Waals surface area (Å²) in [5, 5.41) is 23.2. The van der Waals surface area contributed by atoms with E-state index in [1.54, 1.807) is 0 Å². The van der Waals surface area contributed by atoms with Crippen molar-refractivity contribution in [1.82, 2.24) is 5.32 Å². The van der Waals surface area contributed by atoms with Gasteiger partial charge in [-0.1, -0.05) is 217 Å². The molecule has 0 aromatic heterocycles. The number of carbonyl (C=O) groups is 1. The fourth-order valence-electron chi connectivity index (χ4n) is 6.90. The van der Waals surface area contributed by atoms with Crippen LogP contribution in [-0.4, -0.2) is 34.9 Å². The topological polar surface area (TPSA) is 69.6 Å². The highest BCUT2D eigenvalue weighted by molar-refractivity contribution is 5.76. The van der Waals surface area contributed by atoms with Gasteiger partial charge in [0.1, 0.15) is 0 Å². The van der Waals surface area contributed by atoms with Gasteiger partial charge >= 0.3 is 0 Å². The minimum Gasteiger partial charge on any atom is -0.394 e. The zero-order valence-corrected chi connectivity index (χ0v) is 34.4. The van der Waals surface area contributed by atoms with Crippen LogP contribution in [-0.2, 0) is 4.79 Å². The van der Waals surface area contributed by atoms with Gasteiger partial charge in [0.25, 0.3) is 0 Å². The Morgan fingerprint density at radius 2 is 0.804 bits per heavy atom. The Hall–Kier alpha value is -1.39. The van der Waals surface area contributed by atoms with Crippen LogP contribution >= 0.6 is 0 Å². The summed E-state index contributed by atoms with van der Waals surface area (Å²) in [6.07, 6.45) is 56.5. The maximum absolute atomic E-state index is 12.4. The number of aliphatic hydroxyl groups excluding tert-OH is 2. The van der Waals surface area contributed by atoms with Crippen LogP contribution in [0.1, 0.15) is 239 Å². The van der Waals surface area contributed by atoms with Crippen molar-refractivity contribution in [2.24, 2.45) is 0 Å². The second-order valence-corrected chi connectivity index (χ2v) is 15.5. The molecule has 0 radical (unpaired) electrons. The Bertz CT molecular complexity index is 775. The standard InChI is InChI=1S/C47H89NO3/c1-3-5-7-9-11-13-15-17-19-21-23-24-25-27-29-31-33-35-37-39-41-43-47(51)48-45(44-49)46(50)42-40-38-36-34-32-30-28-26-22-20-18-16-14-12-10-8-6-4-2/h15,17,21,23,25,27,45-46,49-50H,3-14,16,18-20,22,24,26,28-44H2,1-2H3,(H,48,51)/b17-15-,23-21-,27-25-. The molecule has 0 fully saturated rings. The predicted octanol–water partition coefficient (Wildman–Crippen LogP) is 14.2. The van der Waals surface area contributed by atoms with Gasteiger partial charge in [-0.3, -0.25) is 4.79 Å². The lowest BCUT2D eigenvalue weighted by Gasteiger charge is -2.22. The van der Waals surface area contributed by atoms with Gasteiger partial charge in [0.15, 0.2) is 0 Å². The molecule has 1 amide bonds. The zero-order chi connectivity index (χ0) is 37.1. The van der Waals surface area contributed by atoms with Crippen LogP contribution in [0.3, 0.4) is 0 Å². The van der Waals surface area contributed by atoms with Crippen molar-refractivity contribution in [2.75, 3.05) is 6.61 Å². The van der Waals surface area contributed by atoms with Crippen LogP contribution in [0.25, 0.3) is 0 Å². The third kappa shape index (κ3) is 39.6. The maximum Gasteiger partial charge on any atom is 0.220 e. The molecular formula is C47H89NO3. The van der Waals surface area contributed by atoms with Gasteiger partial charge in [-0.25, -0.2) is 0 Å². The third-order valence-electron chi connectivity index (χ3n) is 10.4. The summed E-state index contributed by atoms with van der Waals surface area (Å²) in [4.78, 5) is 12.4. The number of aliphatic hydroxyl groups is 2. The minimum absolute atomic E-state index is 0.0427. The van der Waals surface area contributed by atoms with Gasteiger partial charge in [0.2, 0.25) is 5.91 Å². The van der Waals surface area contributed by atoms with Crippen molar-refractivity contribution < 1.29 is 15.0 Å². The highest BCUT2D eigenvalue weighted by atomic mass is 16.3. The van der Waals surface area contributed by atoms with E-state index in [4.69, 9.17) is 0 Å². The monoisotopic (exact) mass is 716 g/mol. The third-order valence-corrected chi connectivity index (χ3v) is 10.4. The van der Waals surface area contributed by atoms with Crippen molar-refractivity contribution >= 4 is 5.91 Å². The van der Waals surface area contributed by atoms with Gasteiger partial charge in [0, 0.05) is 6.42 Å². The van der Waals surface area contributed by atoms with Crippen LogP contribution in [0.4, 0.5) is 0 Å². The van der Waals surface area contributed by atoms with Gasteiger partial charge in [-0.2, -0.15) is 0 Å². The Balaban J connectivity index is 3.55. The maximum atomic E-state index is 12.4. The molecule has 0 heterocycles. The van der Waals surface area contributed by atoms with E-state index >= 15 is 0 Å². The average molecular weight is 716 g/mol. The summed E-state index contributed by atoms with van der Waals surface area (Å²) in [6, 6.07) is -0.543. The number of unbranched alkanes of at least 4 members (excludes halogenated alkanes) is 28. The normalized spacial score (nSPS) is 13.3. The summed E-state index contributed by atoms with van der Waals surface area (Å²) in [6.45, 7) is 4.35. The van der Waals surface area contributed by atoms with Crippen LogP contribution in [0.2, 0.25) is 0 Å². The first-order valence-corrected chi connectivity index (χ1v) is 22.7. The predicted molar refractivity (Wildman–Crippen MR) is 225 cm³/mol. The lowest BCUT2D eigenvalue weighted by Crippen LogP contribution is -2.45. The highest BCUT2D eigenvalue weighted by Gasteiger charge is 2.20. The fraction of sp³-hybridized carbons (Fsp3) is 0.851. The van der Waals surface area contributed by atoms with Crippen molar-refractivity contribution in [1.29, 1.82) is 0 Å². The fourth-order valence-corrected chi connectivity index (χ4v) is 6.90. The molecule has 2 atom stereocenters. The lowest BCUT2D eigenvalue weighted by molar-refractivity contribution is -0.123. The number of rotatable bonds is 41. The number of carbonyl (C=O) groups excluding carboxylic acids is 1. The van der Waals surface area contributed by atoms with E-state index in [0.717, 1.165) is 51.4 Å². The van der Waals surface area contributed by atoms with Crippen molar-refractivity contribution in [2.45, 2.75) is 251 Å². The molecule has 0 aromatic carbocycles. The zero-order valence-electron chi connectivity index (χ0n) is 34.4. The Morgan fingerprint density at radius 3 is 1.20 bits per heavy atom. The molecule has 0 aliphatic heterocycles. The molecule has 4 heteroatoms. The molecular weight excluding hydrogens is 627 g/mol. The summed E-state index contributed by atoms with van der Waals surface area (Å²) in [5.41, 5.74) is 0. The molecule has 3 N–H and O–H groups in total. The Labute approximate surface area is 319 Å². The Kier molecular flexibility index (Phi) is 41.8. The molecule has 2 unspecified atom stereocenters. The molecule has 0 saturated heterocycles. The van der Waals surface area contributed by atoms with E-state index in [1.807, 2.05) is 0 Å². The van der Waals surface area contributed by atoms with E-state index in [0.29, 0.717) is 12.8 Å². The first-order valence-electron chi connectivity index (χ1n) is 22.7. The van der Waals surface area contributed by atoms with Gasteiger partial charge in [0.05, 0.1) is 18.8 Å². The van der Waals surface area contributed by atoms with Crippen LogP contribution < -0.4 is 5.32 Å². The lowest BCUT2D eigenvalue weighted by atomic mass is 10.0. The van der Waals surface area contributed by atoms with Crippen LogP contribution in [0.15, 0.2) is 36.5 Å². The molecule has 4 nitrogen and oxygen atoms in total. The molecule has 0 aliphatic rings. The SMILES string of the molecule is CCCCCCC/C=C\C/C=C\C/C=C\CCCCCCCCC(=O)NC(CO)C(O)CCCCCCCCCCCCCCCCCCCC. The second-order valence-electron chi connectivity index (χ2n) is 15.5. The van der Waals surface area contributed by atoms with Crippen LogP contribution in [0, 0.1) is 0 Å². The minimum atomic E-state index is -0.665. The number of hydrogen-bond donors (Lipinski definition) is 3. The molecule has 300 valence electrons. The van der Waals surface area contributed by atoms with E-state index in [2.05, 4.69) is 55.6 Å². The summed E-state index contributed by atoms with van der Waals surface area (Å²) in [5.74, 6) is -0.0427. The first kappa shape index (κ1) is 49.6. The second kappa shape index (κ2) is 43.0. The van der Waals surface area contributed by atoms with E-state index in [-0.39, 0.29) is 12.5 Å². The quantitative estimate of drug-likeness (QED) is 0.0436. The average Bonchev–Trinajstić information content (AvgIpc) is 3.13. The Morgan fingerprint density at radius 1 is 0.471 bits per heavy atom. The van der Waals surface area contributed by atoms with Gasteiger partial charge in [-0.15, -0.1) is 0 Å². The van der Waals surface area contributed by atoms with Crippen molar-refractivity contribution in [3.05, 3.63) is 36.5 Å². The number of amides is 1. The summed E-state index contributed by atoms with van der Waals surface area (Å²) in [7, 11) is 0. The molecule has 0 saturated carbocycles. The van der Waals surface area contributed by atoms with Crippen LogP contribution in [0.5, 0.6) is 0 Å². The highest BCUT2D eigenvalue weighted by Crippen LogP contribution is 2.16. The molecule has 0 aliphatic carbocycles. The van der Waals surface area contributed by atoms with Gasteiger partial charge in [-0.05, 0) is 51.4 Å². The largest absolute Gasteiger partial charge is 0.394 e. The van der Waals surface area contributed by atoms with Gasteiger partial charge < -0.3 is 15.5 Å². The van der Waals surface area contributed by atoms with E-state index in [1.165, 1.54) is 161 Å². The molecule has 0 rings (SSSR count). The summed E-state index contributed by atoms with van der Waals surface area (Å²) >= 11 is 0. The van der Waals surface area contributed by atoms with Crippen molar-refractivity contribution in [3.8, 4) is 0 Å². The number of nitrogens with one attached hydrogen (secondary N) is 1. The van der Waals surface area contributed by atoms with E-state index < -0.39 is 12.1 Å². The number of allylic oxidation sites excluding steroid dienone is 6. The van der Waals surface area contributed by atoms with E-state index in [9.17, 15) is 15.0 Å². The first-order chi connectivity index (χ1) is 25.2. The van der Waals surface area contributed by atoms with Crippen molar-refractivity contribution in [3.63, 3.8) is 0 Å². The molecule has 51 heavy (non-hydrogen) atoms. The molecule has 0 bridgehead atoms.